The molecule has 0 bridgehead atoms. The number of nitrogens with one attached hydrogen (secondary N) is 1. The fraction of sp³-hybridized carbons (Fsp3) is 0.360. The van der Waals surface area contributed by atoms with E-state index in [1.807, 2.05) is 36.1 Å². The number of morpholine rings is 1. The van der Waals surface area contributed by atoms with Gasteiger partial charge >= 0.3 is 0 Å². The Morgan fingerprint density at radius 3 is 2.59 bits per heavy atom. The first-order chi connectivity index (χ1) is 15.5. The summed E-state index contributed by atoms with van der Waals surface area (Å²) < 4.78 is 13.2. The second-order valence-corrected chi connectivity index (χ2v) is 8.59. The molecule has 0 atom stereocenters. The molecule has 0 aliphatic carbocycles. The quantitative estimate of drug-likeness (QED) is 0.683. The second kappa shape index (κ2) is 8.41. The van der Waals surface area contributed by atoms with Crippen LogP contribution < -0.4 is 10.1 Å². The molecule has 0 spiro atoms. The van der Waals surface area contributed by atoms with Crippen molar-refractivity contribution < 1.29 is 14.3 Å². The van der Waals surface area contributed by atoms with Gasteiger partial charge in [0.05, 0.1) is 36.6 Å². The number of aryl methyl sites for hydroxylation is 3. The van der Waals surface area contributed by atoms with Gasteiger partial charge in [-0.15, -0.1) is 0 Å². The van der Waals surface area contributed by atoms with Crippen LogP contribution in [0.3, 0.4) is 0 Å². The van der Waals surface area contributed by atoms with Crippen molar-refractivity contribution in [2.45, 2.75) is 20.4 Å². The number of benzene rings is 2. The summed E-state index contributed by atoms with van der Waals surface area (Å²) >= 11 is 0. The van der Waals surface area contributed by atoms with E-state index in [-0.39, 0.29) is 12.5 Å². The molecule has 2 aliphatic rings. The van der Waals surface area contributed by atoms with Crippen molar-refractivity contribution in [2.24, 2.45) is 7.05 Å². The molecular weight excluding hydrogens is 404 g/mol. The largest absolute Gasteiger partial charge is 0.482 e. The van der Waals surface area contributed by atoms with Gasteiger partial charge in [0.1, 0.15) is 5.75 Å². The smallest absolute Gasteiger partial charge is 0.262 e. The lowest BCUT2D eigenvalue weighted by molar-refractivity contribution is -0.118. The SMILES string of the molecule is Cc1cc(CN2CCOCC2)cc(C)c1-c1ncn(C)c1-c1ccc2c(c1)OCC(=O)N2. The molecule has 3 heterocycles. The highest BCUT2D eigenvalue weighted by molar-refractivity contribution is 5.96. The zero-order chi connectivity index (χ0) is 22.2. The minimum Gasteiger partial charge on any atom is -0.482 e. The van der Waals surface area contributed by atoms with Crippen LogP contribution in [0.15, 0.2) is 36.7 Å². The monoisotopic (exact) mass is 432 g/mol. The van der Waals surface area contributed by atoms with Crippen molar-refractivity contribution in [2.75, 3.05) is 38.2 Å². The van der Waals surface area contributed by atoms with E-state index in [1.54, 1.807) is 0 Å². The molecule has 32 heavy (non-hydrogen) atoms. The maximum atomic E-state index is 11.6. The molecule has 0 saturated carbocycles. The molecule has 7 nitrogen and oxygen atoms in total. The first-order valence-corrected chi connectivity index (χ1v) is 11.0. The summed E-state index contributed by atoms with van der Waals surface area (Å²) in [6.07, 6.45) is 1.85. The third kappa shape index (κ3) is 3.89. The number of hydrogen-bond acceptors (Lipinski definition) is 5. The zero-order valence-electron chi connectivity index (χ0n) is 18.8. The molecular formula is C25H28N4O3. The summed E-state index contributed by atoms with van der Waals surface area (Å²) in [5, 5.41) is 2.85. The molecule has 1 fully saturated rings. The van der Waals surface area contributed by atoms with E-state index < -0.39 is 0 Å². The van der Waals surface area contributed by atoms with E-state index >= 15 is 0 Å². The molecule has 166 valence electrons. The van der Waals surface area contributed by atoms with E-state index in [1.165, 1.54) is 22.3 Å². The van der Waals surface area contributed by atoms with Gasteiger partial charge in [-0.1, -0.05) is 18.2 Å². The molecule has 2 aromatic carbocycles. The van der Waals surface area contributed by atoms with E-state index in [2.05, 4.69) is 36.2 Å². The number of ether oxygens (including phenoxy) is 2. The lowest BCUT2D eigenvalue weighted by Crippen LogP contribution is -2.35. The van der Waals surface area contributed by atoms with Crippen LogP contribution >= 0.6 is 0 Å². The minimum absolute atomic E-state index is 0.0392. The van der Waals surface area contributed by atoms with Gasteiger partial charge in [0, 0.05) is 37.8 Å². The summed E-state index contributed by atoms with van der Waals surface area (Å²) in [5.74, 6) is 0.554. The Balaban J connectivity index is 1.51. The Morgan fingerprint density at radius 2 is 1.84 bits per heavy atom. The number of aromatic nitrogens is 2. The van der Waals surface area contributed by atoms with E-state index in [9.17, 15) is 4.79 Å². The molecule has 7 heteroatoms. The molecule has 1 amide bonds. The van der Waals surface area contributed by atoms with Gasteiger partial charge in [-0.2, -0.15) is 0 Å². The van der Waals surface area contributed by atoms with Crippen LogP contribution in [0.25, 0.3) is 22.5 Å². The van der Waals surface area contributed by atoms with Crippen molar-refractivity contribution in [1.82, 2.24) is 14.5 Å². The Bertz CT molecular complexity index is 1150. The highest BCUT2D eigenvalue weighted by Gasteiger charge is 2.21. The minimum atomic E-state index is -0.130. The van der Waals surface area contributed by atoms with Crippen molar-refractivity contribution in [3.05, 3.63) is 53.3 Å². The number of imidazole rings is 1. The lowest BCUT2D eigenvalue weighted by atomic mass is 9.94. The maximum Gasteiger partial charge on any atom is 0.262 e. The third-order valence-electron chi connectivity index (χ3n) is 6.16. The summed E-state index contributed by atoms with van der Waals surface area (Å²) in [7, 11) is 2.01. The number of nitrogens with zero attached hydrogens (tertiary/aromatic N) is 3. The average Bonchev–Trinajstić information content (AvgIpc) is 3.14. The summed E-state index contributed by atoms with van der Waals surface area (Å²) in [6, 6.07) is 10.4. The van der Waals surface area contributed by atoms with E-state index in [0.717, 1.165) is 49.8 Å². The highest BCUT2D eigenvalue weighted by atomic mass is 16.5. The predicted octanol–water partition coefficient (Wildman–Crippen LogP) is 3.53. The number of rotatable bonds is 4. The molecule has 0 unspecified atom stereocenters. The summed E-state index contributed by atoms with van der Waals surface area (Å²) in [6.45, 7) is 8.87. The van der Waals surface area contributed by atoms with Crippen LogP contribution in [0.5, 0.6) is 5.75 Å². The fourth-order valence-corrected chi connectivity index (χ4v) is 4.71. The normalized spacial score (nSPS) is 16.4. The van der Waals surface area contributed by atoms with Crippen LogP contribution in [0.1, 0.15) is 16.7 Å². The van der Waals surface area contributed by atoms with Gasteiger partial charge in [-0.05, 0) is 42.7 Å². The standard InChI is InChI=1S/C25H28N4O3/c1-16-10-18(13-29-6-8-31-9-7-29)11-17(2)23(16)24-25(28(3)15-26-24)19-4-5-20-21(12-19)32-14-22(30)27-20/h4-5,10-12,15H,6-9,13-14H2,1-3H3,(H,27,30). The van der Waals surface area contributed by atoms with Gasteiger partial charge < -0.3 is 19.4 Å². The fourth-order valence-electron chi connectivity index (χ4n) is 4.71. The number of hydrogen-bond donors (Lipinski definition) is 1. The molecule has 1 saturated heterocycles. The Kier molecular flexibility index (Phi) is 5.45. The van der Waals surface area contributed by atoms with Crippen molar-refractivity contribution in [3.63, 3.8) is 0 Å². The average molecular weight is 433 g/mol. The van der Waals surface area contributed by atoms with Gasteiger partial charge in [-0.25, -0.2) is 4.98 Å². The Labute approximate surface area is 188 Å². The molecule has 1 N–H and O–H groups in total. The van der Waals surface area contributed by atoms with Crippen molar-refractivity contribution in [1.29, 1.82) is 0 Å². The van der Waals surface area contributed by atoms with Crippen molar-refractivity contribution >= 4 is 11.6 Å². The number of carbonyl (C=O) groups is 1. The van der Waals surface area contributed by atoms with E-state index in [4.69, 9.17) is 14.5 Å². The summed E-state index contributed by atoms with van der Waals surface area (Å²) in [5.41, 5.74) is 8.61. The first-order valence-electron chi connectivity index (χ1n) is 11.0. The van der Waals surface area contributed by atoms with Crippen molar-refractivity contribution in [3.8, 4) is 28.3 Å². The van der Waals surface area contributed by atoms with Gasteiger partial charge in [0.15, 0.2) is 6.61 Å². The number of carbonyl (C=O) groups excluding carboxylic acids is 1. The maximum absolute atomic E-state index is 11.6. The zero-order valence-corrected chi connectivity index (χ0v) is 18.8. The Morgan fingerprint density at radius 1 is 1.09 bits per heavy atom. The van der Waals surface area contributed by atoms with Crippen LogP contribution in [-0.4, -0.2) is 53.3 Å². The van der Waals surface area contributed by atoms with E-state index in [0.29, 0.717) is 11.4 Å². The number of anilines is 1. The molecule has 2 aliphatic heterocycles. The first kappa shape index (κ1) is 20.7. The van der Waals surface area contributed by atoms with Gasteiger partial charge in [0.2, 0.25) is 0 Å². The molecule has 5 rings (SSSR count). The molecule has 0 radical (unpaired) electrons. The Hall–Kier alpha value is -3.16. The topological polar surface area (TPSA) is 68.6 Å². The molecule has 1 aromatic heterocycles. The number of amides is 1. The number of fused-ring (bicyclic) bond motifs is 1. The van der Waals surface area contributed by atoms with Gasteiger partial charge in [-0.3, -0.25) is 9.69 Å². The van der Waals surface area contributed by atoms with Crippen LogP contribution in [-0.2, 0) is 23.1 Å². The predicted molar refractivity (Wildman–Crippen MR) is 124 cm³/mol. The second-order valence-electron chi connectivity index (χ2n) is 8.59. The van der Waals surface area contributed by atoms with Gasteiger partial charge in [0.25, 0.3) is 5.91 Å². The third-order valence-corrected chi connectivity index (χ3v) is 6.16. The van der Waals surface area contributed by atoms with Crippen LogP contribution in [0.4, 0.5) is 5.69 Å². The van der Waals surface area contributed by atoms with Crippen LogP contribution in [0, 0.1) is 13.8 Å². The molecule has 3 aromatic rings. The highest BCUT2D eigenvalue weighted by Crippen LogP contribution is 2.38. The summed E-state index contributed by atoms with van der Waals surface area (Å²) in [4.78, 5) is 18.8. The lowest BCUT2D eigenvalue weighted by Gasteiger charge is -2.27. The van der Waals surface area contributed by atoms with Crippen LogP contribution in [0.2, 0.25) is 0 Å².